The predicted octanol–water partition coefficient (Wildman–Crippen LogP) is 5.54. The second-order valence-corrected chi connectivity index (χ2v) is 7.02. The van der Waals surface area contributed by atoms with Gasteiger partial charge in [0.25, 0.3) is 0 Å². The minimum absolute atomic E-state index is 0.298. The van der Waals surface area contributed by atoms with E-state index in [4.69, 9.17) is 9.47 Å². The molecule has 0 amide bonds. The number of benzene rings is 2. The third-order valence-corrected chi connectivity index (χ3v) is 4.99. The van der Waals surface area contributed by atoms with Crippen LogP contribution >= 0.6 is 15.9 Å². The van der Waals surface area contributed by atoms with Gasteiger partial charge in [-0.15, -0.1) is 0 Å². The normalized spacial score (nSPS) is 10.7. The molecule has 1 aromatic heterocycles. The van der Waals surface area contributed by atoms with Crippen LogP contribution in [0.5, 0.6) is 5.75 Å². The van der Waals surface area contributed by atoms with Crippen LogP contribution in [0, 0.1) is 13.8 Å². The number of esters is 1. The van der Waals surface area contributed by atoms with E-state index in [1.165, 1.54) is 0 Å². The van der Waals surface area contributed by atoms with Crippen molar-refractivity contribution in [1.82, 2.24) is 4.98 Å². The number of carbonyl (C=O) groups is 1. The van der Waals surface area contributed by atoms with Gasteiger partial charge in [0.1, 0.15) is 11.3 Å². The largest absolute Gasteiger partial charge is 0.495 e. The Kier molecular flexibility index (Phi) is 5.65. The fraction of sp³-hybridized carbons (Fsp3) is 0.238. The lowest BCUT2D eigenvalue weighted by atomic mass is 10.1. The second kappa shape index (κ2) is 7.96. The van der Waals surface area contributed by atoms with Crippen molar-refractivity contribution in [3.63, 3.8) is 0 Å². The van der Waals surface area contributed by atoms with Crippen LogP contribution in [0.4, 0.5) is 11.4 Å². The Balaban J connectivity index is 2.26. The van der Waals surface area contributed by atoms with Crippen molar-refractivity contribution in [3.8, 4) is 5.75 Å². The molecule has 0 saturated heterocycles. The van der Waals surface area contributed by atoms with Gasteiger partial charge in [-0.1, -0.05) is 18.2 Å². The third kappa shape index (κ3) is 3.76. The summed E-state index contributed by atoms with van der Waals surface area (Å²) in [6.45, 7) is 6.14. The summed E-state index contributed by atoms with van der Waals surface area (Å²) in [5, 5.41) is 4.26. The fourth-order valence-electron chi connectivity index (χ4n) is 2.98. The van der Waals surface area contributed by atoms with Gasteiger partial charge in [-0.05, 0) is 53.9 Å². The number of aryl methyl sites for hydroxylation is 2. The van der Waals surface area contributed by atoms with Crippen molar-refractivity contribution in [3.05, 3.63) is 57.7 Å². The van der Waals surface area contributed by atoms with Crippen LogP contribution in [0.25, 0.3) is 10.9 Å². The average Bonchev–Trinajstić information content (AvgIpc) is 2.64. The Morgan fingerprint density at radius 3 is 2.52 bits per heavy atom. The Morgan fingerprint density at radius 2 is 1.89 bits per heavy atom. The number of hydrogen-bond donors (Lipinski definition) is 1. The van der Waals surface area contributed by atoms with Gasteiger partial charge in [0.15, 0.2) is 0 Å². The minimum atomic E-state index is -0.410. The first-order valence-electron chi connectivity index (χ1n) is 8.62. The summed E-state index contributed by atoms with van der Waals surface area (Å²) in [7, 11) is 1.61. The summed E-state index contributed by atoms with van der Waals surface area (Å²) in [5.41, 5.74) is 4.91. The predicted molar refractivity (Wildman–Crippen MR) is 111 cm³/mol. The number of halogens is 1. The summed E-state index contributed by atoms with van der Waals surface area (Å²) >= 11 is 3.52. The summed E-state index contributed by atoms with van der Waals surface area (Å²) in [4.78, 5) is 17.0. The molecule has 0 fully saturated rings. The van der Waals surface area contributed by atoms with Gasteiger partial charge in [0, 0.05) is 23.3 Å². The van der Waals surface area contributed by atoms with Gasteiger partial charge in [-0.3, -0.25) is 4.98 Å². The zero-order valence-corrected chi connectivity index (χ0v) is 17.3. The van der Waals surface area contributed by atoms with Gasteiger partial charge in [0.2, 0.25) is 0 Å². The van der Waals surface area contributed by atoms with E-state index < -0.39 is 5.97 Å². The topological polar surface area (TPSA) is 60.5 Å². The summed E-state index contributed by atoms with van der Waals surface area (Å²) < 4.78 is 11.4. The van der Waals surface area contributed by atoms with Gasteiger partial charge in [-0.25, -0.2) is 4.79 Å². The molecule has 0 aliphatic carbocycles. The third-order valence-electron chi connectivity index (χ3n) is 4.37. The number of pyridine rings is 1. The number of nitrogens with zero attached hydrogens (tertiary/aromatic N) is 1. The molecular formula is C21H21BrN2O3. The van der Waals surface area contributed by atoms with E-state index in [9.17, 15) is 4.79 Å². The number of fused-ring (bicyclic) bond motifs is 1. The lowest BCUT2D eigenvalue weighted by Crippen LogP contribution is -2.10. The first kappa shape index (κ1) is 19.2. The highest BCUT2D eigenvalue weighted by Crippen LogP contribution is 2.37. The number of ether oxygens (including phenoxy) is 2. The minimum Gasteiger partial charge on any atom is -0.495 e. The number of aromatic nitrogens is 1. The smallest absolute Gasteiger partial charge is 0.341 e. The number of carbonyl (C=O) groups excluding carboxylic acids is 1. The molecule has 0 radical (unpaired) electrons. The van der Waals surface area contributed by atoms with Gasteiger partial charge in [0.05, 0.1) is 29.4 Å². The number of para-hydroxylation sites is 1. The van der Waals surface area contributed by atoms with E-state index in [0.717, 1.165) is 32.2 Å². The Bertz CT molecular complexity index is 998. The number of anilines is 2. The molecule has 0 saturated carbocycles. The highest BCUT2D eigenvalue weighted by molar-refractivity contribution is 9.10. The van der Waals surface area contributed by atoms with Crippen molar-refractivity contribution >= 4 is 44.2 Å². The van der Waals surface area contributed by atoms with Crippen molar-refractivity contribution in [2.45, 2.75) is 20.8 Å². The van der Waals surface area contributed by atoms with Gasteiger partial charge < -0.3 is 14.8 Å². The van der Waals surface area contributed by atoms with E-state index >= 15 is 0 Å². The maximum Gasteiger partial charge on any atom is 0.341 e. The highest BCUT2D eigenvalue weighted by atomic mass is 79.9. The maximum absolute atomic E-state index is 12.5. The number of rotatable bonds is 5. The monoisotopic (exact) mass is 428 g/mol. The maximum atomic E-state index is 12.5. The standard InChI is InChI=1S/C21H21BrN2O3/c1-5-27-21(25)15-11-23-17-10-18(26-4)16(22)9-14(17)20(15)24-19-12(2)7-6-8-13(19)3/h6-11H,5H2,1-4H3,(H,23,24). The molecule has 0 atom stereocenters. The summed E-state index contributed by atoms with van der Waals surface area (Å²) in [6.07, 6.45) is 1.55. The molecule has 1 N–H and O–H groups in total. The summed E-state index contributed by atoms with van der Waals surface area (Å²) in [6, 6.07) is 9.81. The quantitative estimate of drug-likeness (QED) is 0.540. The zero-order valence-electron chi connectivity index (χ0n) is 15.7. The molecule has 0 unspecified atom stereocenters. The van der Waals surface area contributed by atoms with Crippen molar-refractivity contribution < 1.29 is 14.3 Å². The molecule has 27 heavy (non-hydrogen) atoms. The zero-order chi connectivity index (χ0) is 19.6. The summed E-state index contributed by atoms with van der Waals surface area (Å²) in [5.74, 6) is 0.268. The van der Waals surface area contributed by atoms with Gasteiger partial charge in [-0.2, -0.15) is 0 Å². The van der Waals surface area contributed by atoms with Crippen molar-refractivity contribution in [2.24, 2.45) is 0 Å². The lowest BCUT2D eigenvalue weighted by Gasteiger charge is -2.18. The van der Waals surface area contributed by atoms with E-state index in [1.807, 2.05) is 44.2 Å². The molecule has 3 rings (SSSR count). The number of methoxy groups -OCH3 is 1. The Labute approximate surface area is 166 Å². The molecule has 0 aliphatic heterocycles. The second-order valence-electron chi connectivity index (χ2n) is 6.16. The molecular weight excluding hydrogens is 408 g/mol. The number of hydrogen-bond acceptors (Lipinski definition) is 5. The van der Waals surface area contributed by atoms with Crippen LogP contribution in [-0.4, -0.2) is 24.7 Å². The Hall–Kier alpha value is -2.60. The van der Waals surface area contributed by atoms with Crippen LogP contribution in [-0.2, 0) is 4.74 Å². The molecule has 1 heterocycles. The lowest BCUT2D eigenvalue weighted by molar-refractivity contribution is 0.0527. The molecule has 0 aliphatic rings. The molecule has 3 aromatic rings. The highest BCUT2D eigenvalue weighted by Gasteiger charge is 2.19. The van der Waals surface area contributed by atoms with Crippen LogP contribution in [0.15, 0.2) is 41.0 Å². The van der Waals surface area contributed by atoms with Crippen LogP contribution in [0.3, 0.4) is 0 Å². The first-order valence-corrected chi connectivity index (χ1v) is 9.42. The molecule has 0 bridgehead atoms. The van der Waals surface area contributed by atoms with Gasteiger partial charge >= 0.3 is 5.97 Å². The van der Waals surface area contributed by atoms with E-state index in [2.05, 4.69) is 26.2 Å². The average molecular weight is 429 g/mol. The van der Waals surface area contributed by atoms with Crippen LogP contribution in [0.1, 0.15) is 28.4 Å². The van der Waals surface area contributed by atoms with Crippen molar-refractivity contribution in [2.75, 3.05) is 19.0 Å². The first-order chi connectivity index (χ1) is 13.0. The van der Waals surface area contributed by atoms with E-state index in [0.29, 0.717) is 23.6 Å². The Morgan fingerprint density at radius 1 is 1.19 bits per heavy atom. The molecule has 0 spiro atoms. The van der Waals surface area contributed by atoms with Crippen LogP contribution in [0.2, 0.25) is 0 Å². The molecule has 6 heteroatoms. The SMILES string of the molecule is CCOC(=O)c1cnc2cc(OC)c(Br)cc2c1Nc1c(C)cccc1C. The van der Waals surface area contributed by atoms with Crippen LogP contribution < -0.4 is 10.1 Å². The molecule has 2 aromatic carbocycles. The fourth-order valence-corrected chi connectivity index (χ4v) is 3.49. The van der Waals surface area contributed by atoms with E-state index in [-0.39, 0.29) is 0 Å². The van der Waals surface area contributed by atoms with Crippen molar-refractivity contribution in [1.29, 1.82) is 0 Å². The molecule has 5 nitrogen and oxygen atoms in total. The molecule has 140 valence electrons. The number of nitrogens with one attached hydrogen (secondary N) is 1. The van der Waals surface area contributed by atoms with E-state index in [1.54, 1.807) is 20.2 Å².